The van der Waals surface area contributed by atoms with Gasteiger partial charge in [0.15, 0.2) is 0 Å². The Kier molecular flexibility index (Phi) is 9.94. The summed E-state index contributed by atoms with van der Waals surface area (Å²) >= 11 is 0. The zero-order valence-electron chi connectivity index (χ0n) is 28.6. The zero-order valence-corrected chi connectivity index (χ0v) is 29.4. The summed E-state index contributed by atoms with van der Waals surface area (Å²) in [6.45, 7) is 3.39. The first-order valence-electron chi connectivity index (χ1n) is 16.2. The van der Waals surface area contributed by atoms with Gasteiger partial charge in [-0.3, -0.25) is 18.9 Å². The van der Waals surface area contributed by atoms with E-state index in [2.05, 4.69) is 15.3 Å². The van der Waals surface area contributed by atoms with Gasteiger partial charge in [-0.2, -0.15) is 0 Å². The fraction of sp³-hybridized carbons (Fsp3) is 0.222. The molecule has 0 aliphatic carbocycles. The quantitative estimate of drug-likeness (QED) is 0.181. The molecule has 274 valence electrons. The molecule has 0 unspecified atom stereocenters. The molecule has 1 atom stereocenters. The second-order valence-electron chi connectivity index (χ2n) is 12.5. The maximum atomic E-state index is 15.2. The normalized spacial score (nSPS) is 13.3. The average molecular weight is 746 g/mol. The number of rotatable bonds is 11. The Morgan fingerprint density at radius 1 is 0.887 bits per heavy atom. The maximum Gasteiger partial charge on any atom is 0.330 e. The summed E-state index contributed by atoms with van der Waals surface area (Å²) in [7, 11) is -1.52. The van der Waals surface area contributed by atoms with Crippen LogP contribution in [-0.2, 0) is 35.3 Å². The number of hydrogen-bond donors (Lipinski definition) is 3. The van der Waals surface area contributed by atoms with Gasteiger partial charge in [0.1, 0.15) is 17.7 Å². The Balaban J connectivity index is 1.13. The van der Waals surface area contributed by atoms with Crippen LogP contribution in [0.1, 0.15) is 28.0 Å². The summed E-state index contributed by atoms with van der Waals surface area (Å²) in [6.07, 6.45) is 4.06. The summed E-state index contributed by atoms with van der Waals surface area (Å²) in [4.78, 5) is 60.5. The SMILES string of the molecule is Cc1c(-c2ccc(C[C@H](NC(=O)c3cc(F)c(NS(=O)(=O)c4ccc(-c5cnc(N6CCC6)nc5)cc4)cc3F)C(=O)O)cc2)c(=O)n(C)c(=O)n1C. The predicted octanol–water partition coefficient (Wildman–Crippen LogP) is 3.23. The number of hydrogen-bond acceptors (Lipinski definition) is 9. The van der Waals surface area contributed by atoms with Crippen LogP contribution in [-0.4, -0.2) is 63.6 Å². The largest absolute Gasteiger partial charge is 0.480 e. The Morgan fingerprint density at radius 3 is 2.09 bits per heavy atom. The number of carbonyl (C=O) groups is 2. The number of nitrogens with zero attached hydrogens (tertiary/aromatic N) is 5. The third-order valence-corrected chi connectivity index (χ3v) is 10.4. The van der Waals surface area contributed by atoms with Crippen molar-refractivity contribution in [1.29, 1.82) is 0 Å². The molecule has 1 fully saturated rings. The molecule has 3 heterocycles. The highest BCUT2D eigenvalue weighted by Crippen LogP contribution is 2.26. The van der Waals surface area contributed by atoms with Crippen LogP contribution < -0.4 is 26.2 Å². The van der Waals surface area contributed by atoms with Crippen LogP contribution in [0.5, 0.6) is 0 Å². The van der Waals surface area contributed by atoms with Crippen LogP contribution in [0.15, 0.2) is 87.5 Å². The monoisotopic (exact) mass is 745 g/mol. The van der Waals surface area contributed by atoms with E-state index in [0.29, 0.717) is 46.0 Å². The molecule has 17 heteroatoms. The number of anilines is 2. The lowest BCUT2D eigenvalue weighted by Gasteiger charge is -2.30. The van der Waals surface area contributed by atoms with Gasteiger partial charge < -0.3 is 19.9 Å². The number of amides is 1. The number of carboxylic acids is 1. The molecule has 0 saturated carbocycles. The first-order valence-corrected chi connectivity index (χ1v) is 17.7. The minimum atomic E-state index is -4.40. The molecule has 6 rings (SSSR count). The summed E-state index contributed by atoms with van der Waals surface area (Å²) in [5, 5.41) is 12.0. The Morgan fingerprint density at radius 2 is 1.51 bits per heavy atom. The Bertz CT molecular complexity index is 2470. The molecule has 3 N–H and O–H groups in total. The van der Waals surface area contributed by atoms with Gasteiger partial charge in [-0.1, -0.05) is 36.4 Å². The fourth-order valence-electron chi connectivity index (χ4n) is 5.74. The van der Waals surface area contributed by atoms with Crippen molar-refractivity contribution in [2.75, 3.05) is 22.7 Å². The fourth-order valence-corrected chi connectivity index (χ4v) is 6.79. The minimum Gasteiger partial charge on any atom is -0.480 e. The highest BCUT2D eigenvalue weighted by molar-refractivity contribution is 7.92. The molecule has 53 heavy (non-hydrogen) atoms. The first-order chi connectivity index (χ1) is 25.1. The molecular formula is C36H33F2N7O7S. The van der Waals surface area contributed by atoms with E-state index in [-0.39, 0.29) is 16.9 Å². The van der Waals surface area contributed by atoms with Gasteiger partial charge >= 0.3 is 11.7 Å². The molecule has 1 aliphatic heterocycles. The van der Waals surface area contributed by atoms with Crippen LogP contribution in [0, 0.1) is 18.6 Å². The second kappa shape index (κ2) is 14.4. The van der Waals surface area contributed by atoms with Crippen molar-refractivity contribution in [1.82, 2.24) is 24.4 Å². The smallest absolute Gasteiger partial charge is 0.330 e. The first kappa shape index (κ1) is 36.6. The van der Waals surface area contributed by atoms with Gasteiger partial charge in [-0.25, -0.2) is 36.8 Å². The number of aromatic nitrogens is 4. The highest BCUT2D eigenvalue weighted by atomic mass is 32.2. The van der Waals surface area contributed by atoms with Gasteiger partial charge in [0.2, 0.25) is 5.95 Å². The molecule has 1 amide bonds. The molecule has 1 aliphatic rings. The van der Waals surface area contributed by atoms with Crippen LogP contribution in [0.25, 0.3) is 22.3 Å². The topological polar surface area (TPSA) is 186 Å². The van der Waals surface area contributed by atoms with E-state index in [0.717, 1.165) is 24.1 Å². The van der Waals surface area contributed by atoms with Crippen molar-refractivity contribution in [3.05, 3.63) is 122 Å². The lowest BCUT2D eigenvalue weighted by molar-refractivity contribution is -0.139. The molecule has 0 bridgehead atoms. The number of halogens is 2. The van der Waals surface area contributed by atoms with Crippen molar-refractivity contribution in [3.8, 4) is 22.3 Å². The molecule has 3 aromatic carbocycles. The van der Waals surface area contributed by atoms with Crippen molar-refractivity contribution >= 4 is 33.5 Å². The van der Waals surface area contributed by atoms with Gasteiger partial charge in [-0.05, 0) is 48.2 Å². The zero-order chi connectivity index (χ0) is 38.2. The summed E-state index contributed by atoms with van der Waals surface area (Å²) in [5.74, 6) is -4.69. The van der Waals surface area contributed by atoms with Crippen LogP contribution >= 0.6 is 0 Å². The molecule has 1 saturated heterocycles. The van der Waals surface area contributed by atoms with E-state index in [9.17, 15) is 32.7 Å². The molecule has 0 spiro atoms. The van der Waals surface area contributed by atoms with Gasteiger partial charge in [0.05, 0.1) is 21.7 Å². The van der Waals surface area contributed by atoms with Crippen molar-refractivity contribution in [2.24, 2.45) is 14.1 Å². The minimum absolute atomic E-state index is 0.245. The third-order valence-electron chi connectivity index (χ3n) is 9.06. The van der Waals surface area contributed by atoms with E-state index in [1.54, 1.807) is 31.5 Å². The highest BCUT2D eigenvalue weighted by Gasteiger charge is 2.26. The van der Waals surface area contributed by atoms with Crippen molar-refractivity contribution < 1.29 is 31.9 Å². The third kappa shape index (κ3) is 7.41. The summed E-state index contributed by atoms with van der Waals surface area (Å²) in [5.41, 5.74) is 0.281. The van der Waals surface area contributed by atoms with E-state index in [4.69, 9.17) is 0 Å². The van der Waals surface area contributed by atoms with Crippen LogP contribution in [0.2, 0.25) is 0 Å². The van der Waals surface area contributed by atoms with E-state index >= 15 is 8.78 Å². The van der Waals surface area contributed by atoms with Crippen molar-refractivity contribution in [2.45, 2.75) is 30.7 Å². The summed E-state index contributed by atoms with van der Waals surface area (Å²) in [6, 6.07) is 11.2. The number of carboxylic acid groups (broad SMARTS) is 1. The maximum absolute atomic E-state index is 15.2. The number of benzene rings is 3. The molecule has 2 aromatic heterocycles. The van der Waals surface area contributed by atoms with Crippen LogP contribution in [0.3, 0.4) is 0 Å². The molecule has 0 radical (unpaired) electrons. The van der Waals surface area contributed by atoms with E-state index in [1.807, 2.05) is 9.62 Å². The molecule has 5 aromatic rings. The van der Waals surface area contributed by atoms with Gasteiger partial charge in [0.25, 0.3) is 21.5 Å². The number of nitrogens with one attached hydrogen (secondary N) is 2. The number of aliphatic carboxylic acids is 1. The summed E-state index contributed by atoms with van der Waals surface area (Å²) < 4.78 is 60.7. The van der Waals surface area contributed by atoms with E-state index in [1.165, 1.54) is 55.1 Å². The van der Waals surface area contributed by atoms with Gasteiger partial charge in [0, 0.05) is 63.3 Å². The van der Waals surface area contributed by atoms with E-state index < -0.39 is 62.1 Å². The lowest BCUT2D eigenvalue weighted by atomic mass is 10.00. The second-order valence-corrected chi connectivity index (χ2v) is 14.2. The predicted molar refractivity (Wildman–Crippen MR) is 191 cm³/mol. The van der Waals surface area contributed by atoms with Crippen LogP contribution in [0.4, 0.5) is 20.4 Å². The Labute approximate surface area is 301 Å². The number of carbonyl (C=O) groups excluding carboxylic acids is 1. The molecular weight excluding hydrogens is 713 g/mol. The standard InChI is InChI=1S/C36H33F2N7O7S/c1-20-31(33(47)44(3)36(50)43(20)2)23-7-5-21(6-8-23)15-30(34(48)49)41-32(46)26-16-28(38)29(17-27(26)37)42-53(51,52)25-11-9-22(10-12-25)24-18-39-35(40-19-24)45-13-4-14-45/h5-12,16-19,30,42H,4,13-15H2,1-3H3,(H,41,46)(H,48,49)/t30-/m0/s1. The Hall–Kier alpha value is -6.23. The number of sulfonamides is 1. The lowest BCUT2D eigenvalue weighted by Crippen LogP contribution is -2.42. The van der Waals surface area contributed by atoms with Crippen molar-refractivity contribution in [3.63, 3.8) is 0 Å². The molecule has 14 nitrogen and oxygen atoms in total. The van der Waals surface area contributed by atoms with Gasteiger partial charge in [-0.15, -0.1) is 0 Å². The average Bonchev–Trinajstić information content (AvgIpc) is 3.11.